The van der Waals surface area contributed by atoms with Gasteiger partial charge in [-0.15, -0.1) is 0 Å². The predicted octanol–water partition coefficient (Wildman–Crippen LogP) is 4.05. The number of carbonyl (C=O) groups excluding carboxylic acids is 1. The van der Waals surface area contributed by atoms with E-state index in [-0.39, 0.29) is 0 Å². The number of rotatable bonds is 5. The van der Waals surface area contributed by atoms with E-state index in [9.17, 15) is 4.79 Å². The summed E-state index contributed by atoms with van der Waals surface area (Å²) < 4.78 is 10.5. The number of carbonyl (C=O) groups is 1. The largest absolute Gasteiger partial charge is 0.497 e. The summed E-state index contributed by atoms with van der Waals surface area (Å²) in [5.41, 5.74) is 3.52. The Bertz CT molecular complexity index is 906. The molecule has 0 aliphatic rings. The average Bonchev–Trinajstić information content (AvgIpc) is 3.03. The van der Waals surface area contributed by atoms with Crippen LogP contribution in [0.3, 0.4) is 0 Å². The van der Waals surface area contributed by atoms with E-state index in [1.807, 2.05) is 37.3 Å². The standard InChI is InChI=1S/C19H20N4O3/c1-12-17(18(23-22-12)13-7-5-4-6-8-13)21-19(24)20-15-10-9-14(25-2)11-16(15)26-3/h4-11H,1-3H3,(H,22,23)(H2,20,21,24). The number of methoxy groups -OCH3 is 2. The summed E-state index contributed by atoms with van der Waals surface area (Å²) in [7, 11) is 3.10. The second kappa shape index (κ2) is 7.60. The summed E-state index contributed by atoms with van der Waals surface area (Å²) in [5.74, 6) is 1.15. The summed E-state index contributed by atoms with van der Waals surface area (Å²) in [4.78, 5) is 12.5. The van der Waals surface area contributed by atoms with E-state index in [1.54, 1.807) is 25.3 Å². The van der Waals surface area contributed by atoms with Crippen LogP contribution in [0.1, 0.15) is 5.69 Å². The van der Waals surface area contributed by atoms with Crippen LogP contribution in [-0.2, 0) is 0 Å². The SMILES string of the molecule is COc1ccc(NC(=O)Nc2c(-c3ccccc3)n[nH]c2C)c(OC)c1. The number of aromatic amines is 1. The first-order valence-electron chi connectivity index (χ1n) is 8.02. The van der Waals surface area contributed by atoms with E-state index in [1.165, 1.54) is 7.11 Å². The Hall–Kier alpha value is -3.48. The first-order chi connectivity index (χ1) is 12.6. The Kier molecular flexibility index (Phi) is 5.07. The summed E-state index contributed by atoms with van der Waals surface area (Å²) in [6, 6.07) is 14.4. The van der Waals surface area contributed by atoms with Gasteiger partial charge in [-0.25, -0.2) is 4.79 Å². The molecule has 7 heteroatoms. The van der Waals surface area contributed by atoms with Crippen molar-refractivity contribution in [1.29, 1.82) is 0 Å². The Morgan fingerprint density at radius 2 is 1.81 bits per heavy atom. The van der Waals surface area contributed by atoms with Crippen molar-refractivity contribution in [3.8, 4) is 22.8 Å². The molecule has 0 saturated heterocycles. The van der Waals surface area contributed by atoms with Gasteiger partial charge in [0.1, 0.15) is 17.2 Å². The van der Waals surface area contributed by atoms with Crippen LogP contribution in [0.5, 0.6) is 11.5 Å². The number of nitrogens with zero attached hydrogens (tertiary/aromatic N) is 1. The molecule has 1 heterocycles. The summed E-state index contributed by atoms with van der Waals surface area (Å²) in [6.07, 6.45) is 0. The third-order valence-electron chi connectivity index (χ3n) is 3.89. The lowest BCUT2D eigenvalue weighted by atomic mass is 10.1. The zero-order valence-corrected chi connectivity index (χ0v) is 14.8. The molecular formula is C19H20N4O3. The van der Waals surface area contributed by atoms with Crippen molar-refractivity contribution < 1.29 is 14.3 Å². The molecular weight excluding hydrogens is 332 g/mol. The molecule has 26 heavy (non-hydrogen) atoms. The molecule has 3 N–H and O–H groups in total. The van der Waals surface area contributed by atoms with Gasteiger partial charge < -0.3 is 20.1 Å². The molecule has 0 aliphatic heterocycles. The van der Waals surface area contributed by atoms with Crippen molar-refractivity contribution >= 4 is 17.4 Å². The van der Waals surface area contributed by atoms with E-state index >= 15 is 0 Å². The van der Waals surface area contributed by atoms with Crippen molar-refractivity contribution in [2.75, 3.05) is 24.9 Å². The summed E-state index contributed by atoms with van der Waals surface area (Å²) in [6.45, 7) is 1.85. The first kappa shape index (κ1) is 17.3. The normalized spacial score (nSPS) is 10.3. The Morgan fingerprint density at radius 1 is 1.04 bits per heavy atom. The van der Waals surface area contributed by atoms with Gasteiger partial charge in [0.25, 0.3) is 0 Å². The molecule has 0 spiro atoms. The molecule has 1 aromatic heterocycles. The third-order valence-corrected chi connectivity index (χ3v) is 3.89. The smallest absolute Gasteiger partial charge is 0.323 e. The molecule has 2 amide bonds. The Morgan fingerprint density at radius 3 is 2.50 bits per heavy atom. The van der Waals surface area contributed by atoms with Gasteiger partial charge in [0.2, 0.25) is 0 Å². The summed E-state index contributed by atoms with van der Waals surface area (Å²) >= 11 is 0. The van der Waals surface area contributed by atoms with Crippen LogP contribution >= 0.6 is 0 Å². The number of benzene rings is 2. The van der Waals surface area contributed by atoms with Gasteiger partial charge in [-0.1, -0.05) is 30.3 Å². The van der Waals surface area contributed by atoms with Crippen molar-refractivity contribution in [3.05, 3.63) is 54.2 Å². The Balaban J connectivity index is 1.81. The van der Waals surface area contributed by atoms with Gasteiger partial charge in [-0.3, -0.25) is 5.10 Å². The quantitative estimate of drug-likeness (QED) is 0.646. The fourth-order valence-electron chi connectivity index (χ4n) is 2.56. The molecule has 3 rings (SSSR count). The van der Waals surface area contributed by atoms with E-state index in [0.29, 0.717) is 28.6 Å². The van der Waals surface area contributed by atoms with Crippen LogP contribution in [0.15, 0.2) is 48.5 Å². The minimum Gasteiger partial charge on any atom is -0.497 e. The number of H-pyrrole nitrogens is 1. The highest BCUT2D eigenvalue weighted by Crippen LogP contribution is 2.31. The van der Waals surface area contributed by atoms with Gasteiger partial charge in [0.15, 0.2) is 0 Å². The van der Waals surface area contributed by atoms with Crippen molar-refractivity contribution in [3.63, 3.8) is 0 Å². The van der Waals surface area contributed by atoms with Crippen LogP contribution in [-0.4, -0.2) is 30.4 Å². The zero-order chi connectivity index (χ0) is 18.5. The van der Waals surface area contributed by atoms with E-state index in [2.05, 4.69) is 20.8 Å². The van der Waals surface area contributed by atoms with Gasteiger partial charge in [0.05, 0.1) is 31.3 Å². The molecule has 0 bridgehead atoms. The van der Waals surface area contributed by atoms with E-state index in [4.69, 9.17) is 9.47 Å². The molecule has 2 aromatic carbocycles. The number of hydrogen-bond donors (Lipinski definition) is 3. The molecule has 0 radical (unpaired) electrons. The molecule has 134 valence electrons. The fraction of sp³-hybridized carbons (Fsp3) is 0.158. The second-order valence-corrected chi connectivity index (χ2v) is 5.58. The highest BCUT2D eigenvalue weighted by Gasteiger charge is 2.16. The van der Waals surface area contributed by atoms with Crippen LogP contribution in [0.2, 0.25) is 0 Å². The number of anilines is 2. The number of nitrogens with one attached hydrogen (secondary N) is 3. The molecule has 0 aliphatic carbocycles. The van der Waals surface area contributed by atoms with Crippen molar-refractivity contribution in [1.82, 2.24) is 10.2 Å². The minimum atomic E-state index is -0.393. The third kappa shape index (κ3) is 3.61. The van der Waals surface area contributed by atoms with Crippen LogP contribution < -0.4 is 20.1 Å². The van der Waals surface area contributed by atoms with E-state index in [0.717, 1.165) is 11.3 Å². The lowest BCUT2D eigenvalue weighted by Gasteiger charge is -2.13. The topological polar surface area (TPSA) is 88.3 Å². The maximum absolute atomic E-state index is 12.5. The number of aromatic nitrogens is 2. The highest BCUT2D eigenvalue weighted by molar-refractivity contribution is 6.03. The van der Waals surface area contributed by atoms with Gasteiger partial charge in [0, 0.05) is 11.6 Å². The molecule has 7 nitrogen and oxygen atoms in total. The van der Waals surface area contributed by atoms with Crippen LogP contribution in [0.4, 0.5) is 16.2 Å². The molecule has 0 saturated carbocycles. The lowest BCUT2D eigenvalue weighted by Crippen LogP contribution is -2.20. The van der Waals surface area contributed by atoms with Crippen LogP contribution in [0.25, 0.3) is 11.3 Å². The van der Waals surface area contributed by atoms with Crippen molar-refractivity contribution in [2.24, 2.45) is 0 Å². The predicted molar refractivity (Wildman–Crippen MR) is 101 cm³/mol. The monoisotopic (exact) mass is 352 g/mol. The highest BCUT2D eigenvalue weighted by atomic mass is 16.5. The Labute approximate surface area is 151 Å². The number of hydrogen-bond acceptors (Lipinski definition) is 4. The fourth-order valence-corrected chi connectivity index (χ4v) is 2.56. The summed E-state index contributed by atoms with van der Waals surface area (Å²) in [5, 5.41) is 12.8. The zero-order valence-electron chi connectivity index (χ0n) is 14.8. The number of amides is 2. The van der Waals surface area contributed by atoms with Gasteiger partial charge >= 0.3 is 6.03 Å². The van der Waals surface area contributed by atoms with Gasteiger partial charge in [-0.05, 0) is 19.1 Å². The molecule has 3 aromatic rings. The van der Waals surface area contributed by atoms with Crippen LogP contribution in [0, 0.1) is 6.92 Å². The maximum Gasteiger partial charge on any atom is 0.323 e. The molecule has 0 unspecified atom stereocenters. The molecule has 0 fully saturated rings. The number of urea groups is 1. The number of aryl methyl sites for hydroxylation is 1. The number of ether oxygens (including phenoxy) is 2. The maximum atomic E-state index is 12.5. The van der Waals surface area contributed by atoms with Crippen molar-refractivity contribution in [2.45, 2.75) is 6.92 Å². The average molecular weight is 352 g/mol. The van der Waals surface area contributed by atoms with E-state index < -0.39 is 6.03 Å². The first-order valence-corrected chi connectivity index (χ1v) is 8.02. The lowest BCUT2D eigenvalue weighted by molar-refractivity contribution is 0.262. The minimum absolute atomic E-state index is 0.393. The molecule has 0 atom stereocenters. The second-order valence-electron chi connectivity index (χ2n) is 5.58. The van der Waals surface area contributed by atoms with Gasteiger partial charge in [-0.2, -0.15) is 5.10 Å².